The second-order valence-electron chi connectivity index (χ2n) is 7.42. The van der Waals surface area contributed by atoms with Crippen LogP contribution in [0.15, 0.2) is 47.4 Å². The lowest BCUT2D eigenvalue weighted by Crippen LogP contribution is -2.36. The number of ether oxygens (including phenoxy) is 1. The van der Waals surface area contributed by atoms with E-state index in [1.165, 1.54) is 0 Å². The Kier molecular flexibility index (Phi) is 6.52. The summed E-state index contributed by atoms with van der Waals surface area (Å²) in [6.07, 6.45) is 0.402. The molecule has 1 saturated heterocycles. The molecule has 0 radical (unpaired) electrons. The number of benzene rings is 2. The van der Waals surface area contributed by atoms with Crippen molar-refractivity contribution in [2.75, 3.05) is 37.7 Å². The largest absolute Gasteiger partial charge is 0.461 e. The van der Waals surface area contributed by atoms with Crippen LogP contribution in [0.5, 0.6) is 0 Å². The number of hydrogen-bond donors (Lipinski definition) is 0. The summed E-state index contributed by atoms with van der Waals surface area (Å²) in [4.78, 5) is 22.8. The third-order valence-corrected chi connectivity index (χ3v) is 7.22. The molecule has 1 aliphatic heterocycles. The van der Waals surface area contributed by atoms with Crippen LogP contribution in [0.1, 0.15) is 23.8 Å². The van der Waals surface area contributed by atoms with E-state index in [4.69, 9.17) is 4.74 Å². The second-order valence-corrected chi connectivity index (χ2v) is 9.33. The molecule has 1 fully saturated rings. The van der Waals surface area contributed by atoms with Crippen LogP contribution in [-0.2, 0) is 14.8 Å². The minimum atomic E-state index is -4.17. The molecule has 2 aromatic carbocycles. The molecule has 2 heterocycles. The van der Waals surface area contributed by atoms with Gasteiger partial charge in [-0.1, -0.05) is 12.1 Å². The van der Waals surface area contributed by atoms with Gasteiger partial charge in [-0.3, -0.25) is 0 Å². The predicted molar refractivity (Wildman–Crippen MR) is 117 cm³/mol. The van der Waals surface area contributed by atoms with Crippen LogP contribution in [-0.4, -0.2) is 61.4 Å². The van der Waals surface area contributed by atoms with Gasteiger partial charge in [-0.15, -0.1) is 0 Å². The van der Waals surface area contributed by atoms with Crippen LogP contribution in [0.3, 0.4) is 0 Å². The highest BCUT2D eigenvalue weighted by atomic mass is 32.2. The number of para-hydroxylation sites is 2. The highest BCUT2D eigenvalue weighted by molar-refractivity contribution is 7.89. The molecule has 0 amide bonds. The molecule has 8 nitrogen and oxygen atoms in total. The van der Waals surface area contributed by atoms with Crippen LogP contribution >= 0.6 is 0 Å². The number of rotatable bonds is 5. The standard InChI is InChI=1S/C22H22F2N4O4S/c1-2-32-22(29)20-21(26-18-7-4-3-6-17(18)25-20)27-10-5-11-28(13-12-27)33(30,31)19-9-8-15(23)14-16(19)24/h3-4,6-9,14H,2,5,10-13H2,1H3. The number of anilines is 1. The summed E-state index contributed by atoms with van der Waals surface area (Å²) < 4.78 is 59.7. The zero-order valence-electron chi connectivity index (χ0n) is 17.9. The number of esters is 1. The fraction of sp³-hybridized carbons (Fsp3) is 0.318. The van der Waals surface area contributed by atoms with E-state index in [1.54, 1.807) is 36.1 Å². The Hall–Kier alpha value is -3.18. The monoisotopic (exact) mass is 476 g/mol. The van der Waals surface area contributed by atoms with E-state index < -0.39 is 32.5 Å². The Morgan fingerprint density at radius 1 is 1.03 bits per heavy atom. The first-order chi connectivity index (χ1) is 15.8. The van der Waals surface area contributed by atoms with E-state index in [9.17, 15) is 22.0 Å². The van der Waals surface area contributed by atoms with E-state index in [1.807, 2.05) is 0 Å². The fourth-order valence-electron chi connectivity index (χ4n) is 3.72. The average Bonchev–Trinajstić information content (AvgIpc) is 3.05. The number of sulfonamides is 1. The zero-order chi connectivity index (χ0) is 23.6. The van der Waals surface area contributed by atoms with Crippen LogP contribution in [0, 0.1) is 11.6 Å². The predicted octanol–water partition coefficient (Wildman–Crippen LogP) is 2.99. The molecule has 0 atom stereocenters. The lowest BCUT2D eigenvalue weighted by atomic mass is 10.2. The SMILES string of the molecule is CCOC(=O)c1nc2ccccc2nc1N1CCCN(S(=O)(=O)c2ccc(F)cc2F)CC1. The Bertz CT molecular complexity index is 1300. The molecule has 0 saturated carbocycles. The van der Waals surface area contributed by atoms with Gasteiger partial charge in [0.1, 0.15) is 16.5 Å². The third-order valence-electron chi connectivity index (χ3n) is 5.29. The van der Waals surface area contributed by atoms with Crippen LogP contribution in [0.4, 0.5) is 14.6 Å². The summed E-state index contributed by atoms with van der Waals surface area (Å²) in [5, 5.41) is 0. The maximum absolute atomic E-state index is 14.2. The quantitative estimate of drug-likeness (QED) is 0.523. The van der Waals surface area contributed by atoms with Gasteiger partial charge in [-0.2, -0.15) is 4.31 Å². The molecular formula is C22H22F2N4O4S. The molecule has 4 rings (SSSR count). The first kappa shape index (κ1) is 23.0. The number of nitrogens with zero attached hydrogens (tertiary/aromatic N) is 4. The van der Waals surface area contributed by atoms with Gasteiger partial charge in [0, 0.05) is 32.2 Å². The number of halogens is 2. The first-order valence-corrected chi connectivity index (χ1v) is 11.9. The molecule has 0 aliphatic carbocycles. The summed E-state index contributed by atoms with van der Waals surface area (Å²) in [6, 6.07) is 9.49. The smallest absolute Gasteiger partial charge is 0.360 e. The van der Waals surface area contributed by atoms with E-state index >= 15 is 0 Å². The van der Waals surface area contributed by atoms with Crippen molar-refractivity contribution >= 4 is 32.8 Å². The average molecular weight is 477 g/mol. The van der Waals surface area contributed by atoms with Gasteiger partial charge >= 0.3 is 5.97 Å². The van der Waals surface area contributed by atoms with Crippen LogP contribution < -0.4 is 4.90 Å². The van der Waals surface area contributed by atoms with Crippen LogP contribution in [0.25, 0.3) is 11.0 Å². The zero-order valence-corrected chi connectivity index (χ0v) is 18.7. The van der Waals surface area contributed by atoms with Gasteiger partial charge in [-0.05, 0) is 37.6 Å². The van der Waals surface area contributed by atoms with E-state index in [0.717, 1.165) is 16.4 Å². The summed E-state index contributed by atoms with van der Waals surface area (Å²) in [6.45, 7) is 2.61. The minimum Gasteiger partial charge on any atom is -0.461 e. The topological polar surface area (TPSA) is 92.7 Å². The van der Waals surface area contributed by atoms with Gasteiger partial charge in [0.15, 0.2) is 11.5 Å². The lowest BCUT2D eigenvalue weighted by molar-refractivity contribution is 0.0520. The molecule has 11 heteroatoms. The molecular weight excluding hydrogens is 454 g/mol. The van der Waals surface area contributed by atoms with Gasteiger partial charge in [0.25, 0.3) is 0 Å². The van der Waals surface area contributed by atoms with Crippen molar-refractivity contribution in [1.82, 2.24) is 14.3 Å². The Morgan fingerprint density at radius 2 is 1.76 bits per heavy atom. The Morgan fingerprint density at radius 3 is 2.45 bits per heavy atom. The number of aromatic nitrogens is 2. The van der Waals surface area contributed by atoms with Gasteiger partial charge in [-0.25, -0.2) is 32.0 Å². The molecule has 0 bridgehead atoms. The van der Waals surface area contributed by atoms with Crippen molar-refractivity contribution in [3.63, 3.8) is 0 Å². The Labute approximate surface area is 189 Å². The fourth-order valence-corrected chi connectivity index (χ4v) is 5.23. The van der Waals surface area contributed by atoms with Crippen molar-refractivity contribution in [2.24, 2.45) is 0 Å². The first-order valence-electron chi connectivity index (χ1n) is 10.5. The van der Waals surface area contributed by atoms with Gasteiger partial charge in [0.05, 0.1) is 17.6 Å². The van der Waals surface area contributed by atoms with Gasteiger partial charge in [0.2, 0.25) is 10.0 Å². The maximum atomic E-state index is 14.2. The normalized spacial score (nSPS) is 15.4. The van der Waals surface area contributed by atoms with Gasteiger partial charge < -0.3 is 9.64 Å². The molecule has 0 unspecified atom stereocenters. The molecule has 1 aromatic heterocycles. The van der Waals surface area contributed by atoms with E-state index in [0.29, 0.717) is 35.9 Å². The number of carbonyl (C=O) groups excluding carboxylic acids is 1. The summed E-state index contributed by atoms with van der Waals surface area (Å²) in [5.74, 6) is -2.30. The summed E-state index contributed by atoms with van der Waals surface area (Å²) in [7, 11) is -4.17. The molecule has 3 aromatic rings. The minimum absolute atomic E-state index is 0.0237. The van der Waals surface area contributed by atoms with Crippen molar-refractivity contribution in [2.45, 2.75) is 18.2 Å². The van der Waals surface area contributed by atoms with E-state index in [2.05, 4.69) is 9.97 Å². The summed E-state index contributed by atoms with van der Waals surface area (Å²) in [5.41, 5.74) is 1.18. The van der Waals surface area contributed by atoms with Crippen molar-refractivity contribution in [3.05, 3.63) is 59.8 Å². The molecule has 0 N–H and O–H groups in total. The number of carbonyl (C=O) groups is 1. The van der Waals surface area contributed by atoms with E-state index in [-0.39, 0.29) is 31.9 Å². The second kappa shape index (κ2) is 9.36. The highest BCUT2D eigenvalue weighted by Crippen LogP contribution is 2.25. The maximum Gasteiger partial charge on any atom is 0.360 e. The molecule has 33 heavy (non-hydrogen) atoms. The van der Waals surface area contributed by atoms with Crippen molar-refractivity contribution in [3.8, 4) is 0 Å². The molecule has 174 valence electrons. The van der Waals surface area contributed by atoms with Crippen LogP contribution in [0.2, 0.25) is 0 Å². The van der Waals surface area contributed by atoms with Crippen molar-refractivity contribution in [1.29, 1.82) is 0 Å². The molecule has 1 aliphatic rings. The Balaban J connectivity index is 1.65. The summed E-state index contributed by atoms with van der Waals surface area (Å²) >= 11 is 0. The van der Waals surface area contributed by atoms with Crippen molar-refractivity contribution < 1.29 is 26.7 Å². The lowest BCUT2D eigenvalue weighted by Gasteiger charge is -2.24. The number of hydrogen-bond acceptors (Lipinski definition) is 7. The molecule has 0 spiro atoms. The number of fused-ring (bicyclic) bond motifs is 1. The highest BCUT2D eigenvalue weighted by Gasteiger charge is 2.31. The third kappa shape index (κ3) is 4.64.